The number of hydrogen-bond donors (Lipinski definition) is 0. The second-order valence-electron chi connectivity index (χ2n) is 8.06. The molecule has 6 rings (SSSR count). The van der Waals surface area contributed by atoms with Crippen molar-refractivity contribution in [3.8, 4) is 28.6 Å². The van der Waals surface area contributed by atoms with Gasteiger partial charge in [0.2, 0.25) is 5.88 Å². The summed E-state index contributed by atoms with van der Waals surface area (Å²) in [5.74, 6) is 2.03. The molecule has 0 saturated heterocycles. The molecule has 3 aromatic heterocycles. The zero-order valence-corrected chi connectivity index (χ0v) is 21.3. The second-order valence-corrected chi connectivity index (χ2v) is 8.06. The number of hydrogen-bond acceptors (Lipinski definition) is 3. The first-order chi connectivity index (χ1) is 16.8. The summed E-state index contributed by atoms with van der Waals surface area (Å²) in [6.45, 7) is 2.14. The van der Waals surface area contributed by atoms with Crippen molar-refractivity contribution >= 4 is 21.8 Å². The molecule has 0 radical (unpaired) electrons. The van der Waals surface area contributed by atoms with Crippen molar-refractivity contribution in [2.45, 2.75) is 13.3 Å². The quantitative estimate of drug-likeness (QED) is 0.189. The molecule has 4 nitrogen and oxygen atoms in total. The molecule has 0 N–H and O–H groups in total. The average molecular weight is 635 g/mol. The fraction of sp³-hybridized carbons (Fsp3) is 0.0667. The van der Waals surface area contributed by atoms with Gasteiger partial charge < -0.3 is 9.30 Å². The first-order valence-electron chi connectivity index (χ1n) is 11.3. The number of benzene rings is 3. The minimum Gasteiger partial charge on any atom is -0.460 e. The summed E-state index contributed by atoms with van der Waals surface area (Å²) in [5.41, 5.74) is 5.15. The van der Waals surface area contributed by atoms with Crippen LogP contribution in [0.4, 0.5) is 0 Å². The van der Waals surface area contributed by atoms with Crippen molar-refractivity contribution in [3.63, 3.8) is 0 Å². The van der Waals surface area contributed by atoms with Gasteiger partial charge in [-0.25, -0.2) is 21.1 Å². The number of fused-ring (bicyclic) bond motifs is 3. The van der Waals surface area contributed by atoms with Crippen molar-refractivity contribution in [1.29, 1.82) is 0 Å². The Morgan fingerprint density at radius 2 is 1.63 bits per heavy atom. The minimum absolute atomic E-state index is 0. The van der Waals surface area contributed by atoms with Crippen molar-refractivity contribution in [1.82, 2.24) is 14.5 Å². The van der Waals surface area contributed by atoms with Crippen molar-refractivity contribution in [2.75, 3.05) is 0 Å². The van der Waals surface area contributed by atoms with Gasteiger partial charge in [0, 0.05) is 29.7 Å². The number of para-hydroxylation sites is 1. The van der Waals surface area contributed by atoms with E-state index < -0.39 is 0 Å². The SMILES string of the molecule is CCc1ccc(-n2c3[c-]c(-c4[c-]c(Oc5ccccn5)ccc4)ccc3c3ccccc32)nc1.[Pt+2]. The van der Waals surface area contributed by atoms with Crippen LogP contribution in [0, 0.1) is 12.1 Å². The summed E-state index contributed by atoms with van der Waals surface area (Å²) >= 11 is 0. The molecule has 0 aliphatic rings. The van der Waals surface area contributed by atoms with E-state index in [0.717, 1.165) is 39.8 Å². The normalized spacial score (nSPS) is 10.9. The summed E-state index contributed by atoms with van der Waals surface area (Å²) in [7, 11) is 0. The maximum atomic E-state index is 5.90. The largest absolute Gasteiger partial charge is 2.00 e. The van der Waals surface area contributed by atoms with Gasteiger partial charge in [-0.05, 0) is 41.1 Å². The number of aromatic nitrogens is 3. The van der Waals surface area contributed by atoms with Crippen LogP contribution in [0.2, 0.25) is 0 Å². The van der Waals surface area contributed by atoms with E-state index in [1.165, 1.54) is 10.9 Å². The molecule has 3 aromatic carbocycles. The monoisotopic (exact) mass is 634 g/mol. The van der Waals surface area contributed by atoms with Crippen LogP contribution < -0.4 is 4.74 Å². The van der Waals surface area contributed by atoms with Gasteiger partial charge in [-0.3, -0.25) is 0 Å². The summed E-state index contributed by atoms with van der Waals surface area (Å²) in [5, 5.41) is 2.32. The molecule has 0 amide bonds. The van der Waals surface area contributed by atoms with E-state index in [4.69, 9.17) is 9.72 Å². The first kappa shape index (κ1) is 23.0. The third-order valence-electron chi connectivity index (χ3n) is 5.94. The zero-order chi connectivity index (χ0) is 22.9. The molecule has 0 atom stereocenters. The van der Waals surface area contributed by atoms with Crippen molar-refractivity contribution in [2.24, 2.45) is 0 Å². The number of rotatable bonds is 5. The van der Waals surface area contributed by atoms with Crippen LogP contribution in [0.15, 0.2) is 97.3 Å². The Morgan fingerprint density at radius 1 is 0.771 bits per heavy atom. The summed E-state index contributed by atoms with van der Waals surface area (Å²) in [6.07, 6.45) is 4.62. The van der Waals surface area contributed by atoms with Gasteiger partial charge in [-0.1, -0.05) is 42.6 Å². The molecule has 3 heterocycles. The predicted octanol–water partition coefficient (Wildman–Crippen LogP) is 7.19. The Hall–Kier alpha value is -3.75. The molecule has 0 spiro atoms. The van der Waals surface area contributed by atoms with E-state index in [1.807, 2.05) is 42.6 Å². The van der Waals surface area contributed by atoms with Crippen LogP contribution in [-0.4, -0.2) is 14.5 Å². The molecule has 172 valence electrons. The van der Waals surface area contributed by atoms with Crippen LogP contribution in [0.25, 0.3) is 38.8 Å². The Labute approximate surface area is 218 Å². The van der Waals surface area contributed by atoms with Gasteiger partial charge in [0.1, 0.15) is 5.82 Å². The molecule has 0 fully saturated rings. The summed E-state index contributed by atoms with van der Waals surface area (Å²) < 4.78 is 8.08. The van der Waals surface area contributed by atoms with Crippen molar-refractivity contribution in [3.05, 3.63) is 115 Å². The van der Waals surface area contributed by atoms with Gasteiger partial charge in [0.15, 0.2) is 0 Å². The first-order valence-corrected chi connectivity index (χ1v) is 11.3. The Kier molecular flexibility index (Phi) is 6.48. The molecule has 0 unspecified atom stereocenters. The van der Waals surface area contributed by atoms with Gasteiger partial charge >= 0.3 is 21.1 Å². The molecule has 0 aliphatic heterocycles. The molecule has 35 heavy (non-hydrogen) atoms. The molecule has 6 aromatic rings. The molecular weight excluding hydrogens is 613 g/mol. The number of pyridine rings is 2. The van der Waals surface area contributed by atoms with Gasteiger partial charge in [-0.2, -0.15) is 24.3 Å². The van der Waals surface area contributed by atoms with E-state index in [-0.39, 0.29) is 21.1 Å². The number of nitrogens with zero attached hydrogens (tertiary/aromatic N) is 3. The van der Waals surface area contributed by atoms with Crippen molar-refractivity contribution < 1.29 is 25.8 Å². The summed E-state index contributed by atoms with van der Waals surface area (Å²) in [6, 6.07) is 35.3. The van der Waals surface area contributed by atoms with E-state index in [0.29, 0.717) is 11.6 Å². The fourth-order valence-corrected chi connectivity index (χ4v) is 4.23. The number of ether oxygens (including phenoxy) is 1. The third kappa shape index (κ3) is 4.38. The molecule has 5 heteroatoms. The van der Waals surface area contributed by atoms with Crippen LogP contribution >= 0.6 is 0 Å². The van der Waals surface area contributed by atoms with E-state index >= 15 is 0 Å². The Balaban J connectivity index is 0.00000253. The van der Waals surface area contributed by atoms with Crippen LogP contribution in [-0.2, 0) is 27.5 Å². The minimum atomic E-state index is 0. The predicted molar refractivity (Wildman–Crippen MR) is 135 cm³/mol. The standard InChI is InChI=1S/C30H21N3O.Pt/c1-2-21-13-16-29(32-20-21)33-27-11-4-3-10-25(27)26-15-14-23(19-28(26)33)22-8-7-9-24(18-22)34-30-12-5-6-17-31-30;/h3-17,20H,2H2,1H3;/q-2;+2. The molecule has 0 bridgehead atoms. The van der Waals surface area contributed by atoms with Gasteiger partial charge in [0.05, 0.1) is 0 Å². The van der Waals surface area contributed by atoms with E-state index in [9.17, 15) is 0 Å². The summed E-state index contributed by atoms with van der Waals surface area (Å²) in [4.78, 5) is 9.00. The van der Waals surface area contributed by atoms with Gasteiger partial charge in [0.25, 0.3) is 0 Å². The smallest absolute Gasteiger partial charge is 0.460 e. The fourth-order valence-electron chi connectivity index (χ4n) is 4.23. The van der Waals surface area contributed by atoms with Gasteiger partial charge in [-0.15, -0.1) is 18.2 Å². The topological polar surface area (TPSA) is 39.9 Å². The van der Waals surface area contributed by atoms with Crippen LogP contribution in [0.5, 0.6) is 11.6 Å². The molecule has 0 saturated carbocycles. The molecule has 0 aliphatic carbocycles. The Morgan fingerprint density at radius 3 is 2.43 bits per heavy atom. The number of aryl methyl sites for hydroxylation is 1. The maximum Gasteiger partial charge on any atom is 2.00 e. The van der Waals surface area contributed by atoms with E-state index in [2.05, 4.69) is 77.1 Å². The second kappa shape index (κ2) is 9.85. The maximum absolute atomic E-state index is 5.90. The average Bonchev–Trinajstić information content (AvgIpc) is 3.23. The molecular formula is C30H21N3OPt. The zero-order valence-electron chi connectivity index (χ0n) is 19.0. The van der Waals surface area contributed by atoms with E-state index in [1.54, 1.807) is 6.20 Å². The Bertz CT molecular complexity index is 1610. The van der Waals surface area contributed by atoms with Crippen LogP contribution in [0.1, 0.15) is 12.5 Å². The van der Waals surface area contributed by atoms with Crippen LogP contribution in [0.3, 0.4) is 0 Å². The third-order valence-corrected chi connectivity index (χ3v) is 5.94.